The van der Waals surface area contributed by atoms with Gasteiger partial charge in [0.15, 0.2) is 5.82 Å². The molecule has 2 aromatic heterocycles. The molecule has 1 aliphatic rings. The molecule has 5 aromatic rings. The first-order valence-electron chi connectivity index (χ1n) is 16.1. The molecule has 0 aliphatic carbocycles. The van der Waals surface area contributed by atoms with E-state index in [-0.39, 0.29) is 12.4 Å². The number of likely N-dealkylation sites (tertiary alicyclic amines) is 1. The highest BCUT2D eigenvalue weighted by molar-refractivity contribution is 7.81. The van der Waals surface area contributed by atoms with Crippen LogP contribution in [0.5, 0.6) is 5.75 Å². The van der Waals surface area contributed by atoms with Crippen molar-refractivity contribution in [2.75, 3.05) is 25.5 Å². The van der Waals surface area contributed by atoms with E-state index in [1.807, 2.05) is 49.6 Å². The predicted molar refractivity (Wildman–Crippen MR) is 194 cm³/mol. The van der Waals surface area contributed by atoms with Gasteiger partial charge in [-0.05, 0) is 97.0 Å². The van der Waals surface area contributed by atoms with E-state index in [2.05, 4.69) is 40.3 Å². The van der Waals surface area contributed by atoms with E-state index in [9.17, 15) is 5.11 Å². The van der Waals surface area contributed by atoms with Gasteiger partial charge in [0.1, 0.15) is 17.1 Å². The van der Waals surface area contributed by atoms with E-state index in [0.717, 1.165) is 64.0 Å². The molecule has 0 spiro atoms. The van der Waals surface area contributed by atoms with E-state index >= 15 is 4.39 Å². The van der Waals surface area contributed by atoms with Crippen molar-refractivity contribution in [3.8, 4) is 16.9 Å². The Labute approximate surface area is 281 Å². The van der Waals surface area contributed by atoms with Crippen molar-refractivity contribution in [1.82, 2.24) is 14.9 Å². The van der Waals surface area contributed by atoms with Crippen LogP contribution in [-0.4, -0.2) is 45.4 Å². The maximum atomic E-state index is 15.5. The first kappa shape index (κ1) is 32.7. The van der Waals surface area contributed by atoms with Crippen molar-refractivity contribution in [1.29, 1.82) is 0 Å². The number of pyridine rings is 2. The molecule has 1 unspecified atom stereocenters. The number of anilines is 2. The zero-order valence-electron chi connectivity index (χ0n) is 27.1. The Bertz CT molecular complexity index is 1930. The quantitative estimate of drug-likeness (QED) is 0.110. The monoisotopic (exact) mass is 648 g/mol. The van der Waals surface area contributed by atoms with Crippen LogP contribution in [0.3, 0.4) is 0 Å². The lowest BCUT2D eigenvalue weighted by atomic mass is 9.92. The Morgan fingerprint density at radius 3 is 2.66 bits per heavy atom. The zero-order valence-corrected chi connectivity index (χ0v) is 28.0. The zero-order chi connectivity index (χ0) is 32.9. The highest BCUT2D eigenvalue weighted by Gasteiger charge is 2.17. The van der Waals surface area contributed by atoms with E-state index in [1.54, 1.807) is 24.3 Å². The maximum absolute atomic E-state index is 15.5. The Balaban J connectivity index is 1.26. The molecule has 6 nitrogen and oxygen atoms in total. The highest BCUT2D eigenvalue weighted by Crippen LogP contribution is 2.35. The van der Waals surface area contributed by atoms with Gasteiger partial charge in [-0.2, -0.15) is 12.6 Å². The van der Waals surface area contributed by atoms with Crippen LogP contribution in [0.1, 0.15) is 52.6 Å². The van der Waals surface area contributed by atoms with Gasteiger partial charge in [0.25, 0.3) is 0 Å². The number of nitrogens with zero attached hydrogens (tertiary/aromatic N) is 3. The van der Waals surface area contributed by atoms with Gasteiger partial charge in [0.05, 0.1) is 13.7 Å². The lowest BCUT2D eigenvalue weighted by Crippen LogP contribution is -2.28. The second-order valence-corrected chi connectivity index (χ2v) is 13.0. The normalized spacial score (nSPS) is 15.9. The van der Waals surface area contributed by atoms with Crippen LogP contribution >= 0.6 is 12.6 Å². The Morgan fingerprint density at radius 2 is 1.85 bits per heavy atom. The number of halogens is 1. The van der Waals surface area contributed by atoms with E-state index in [4.69, 9.17) is 22.3 Å². The standard InChI is InChI=1S/C39H41FN4O2S/c1-25-28(19-35(40)29-13-14-31(24-45)37(20-29)46-3)8-6-10-33(25)34-11-7-12-36(26(34)2)43-39-38-30(15-16-41-39)18-27(21-42-38)22-44-17-5-4-9-32(47)23-44/h6-8,10-16,18-21,32,45,47H,4-5,9,17,22-24H2,1-3H3,(H,41,43)/b35-19-. The molecule has 1 fully saturated rings. The van der Waals surface area contributed by atoms with Gasteiger partial charge in [0, 0.05) is 52.9 Å². The molecule has 0 amide bonds. The number of rotatable bonds is 9. The number of fused-ring (bicyclic) bond motifs is 1. The smallest absolute Gasteiger partial charge is 0.156 e. The number of aromatic nitrogens is 2. The molecule has 242 valence electrons. The van der Waals surface area contributed by atoms with Crippen molar-refractivity contribution in [2.24, 2.45) is 0 Å². The summed E-state index contributed by atoms with van der Waals surface area (Å²) in [6, 6.07) is 21.3. The second kappa shape index (κ2) is 14.7. The van der Waals surface area contributed by atoms with Crippen LogP contribution in [0.15, 0.2) is 79.1 Å². The molecule has 1 saturated heterocycles. The first-order chi connectivity index (χ1) is 22.8. The average molecular weight is 649 g/mol. The number of benzene rings is 3. The largest absolute Gasteiger partial charge is 0.496 e. The van der Waals surface area contributed by atoms with Crippen LogP contribution < -0.4 is 10.1 Å². The van der Waals surface area contributed by atoms with E-state index in [1.165, 1.54) is 31.9 Å². The lowest BCUT2D eigenvalue weighted by molar-refractivity contribution is 0.274. The lowest BCUT2D eigenvalue weighted by Gasteiger charge is -2.22. The molecular weight excluding hydrogens is 608 g/mol. The van der Waals surface area contributed by atoms with Crippen molar-refractivity contribution in [3.63, 3.8) is 0 Å². The number of nitrogens with one attached hydrogen (secondary N) is 1. The highest BCUT2D eigenvalue weighted by atomic mass is 32.1. The Hall–Kier alpha value is -4.24. The fourth-order valence-corrected chi connectivity index (χ4v) is 6.83. The summed E-state index contributed by atoms with van der Waals surface area (Å²) in [7, 11) is 1.51. The summed E-state index contributed by atoms with van der Waals surface area (Å²) in [6.07, 6.45) is 8.96. The first-order valence-corrected chi connectivity index (χ1v) is 16.6. The number of methoxy groups -OCH3 is 1. The average Bonchev–Trinajstić information content (AvgIpc) is 3.29. The molecule has 0 saturated carbocycles. The SMILES string of the molecule is COc1cc(/C(F)=C/c2cccc(-c3cccc(Nc4nccc5cc(CN6CCCCC(S)C6)cnc45)c3C)c2C)ccc1CO. The second-order valence-electron chi connectivity index (χ2n) is 12.3. The van der Waals surface area contributed by atoms with Crippen LogP contribution in [0.25, 0.3) is 33.9 Å². The van der Waals surface area contributed by atoms with Gasteiger partial charge in [-0.15, -0.1) is 0 Å². The minimum Gasteiger partial charge on any atom is -0.496 e. The summed E-state index contributed by atoms with van der Waals surface area (Å²) < 4.78 is 20.8. The van der Waals surface area contributed by atoms with Gasteiger partial charge in [-0.1, -0.05) is 48.9 Å². The molecule has 1 aliphatic heterocycles. The molecule has 0 radical (unpaired) electrons. The third-order valence-corrected chi connectivity index (χ3v) is 9.48. The van der Waals surface area contributed by atoms with Crippen LogP contribution in [-0.2, 0) is 13.2 Å². The van der Waals surface area contributed by atoms with Crippen molar-refractivity contribution < 1.29 is 14.2 Å². The molecule has 47 heavy (non-hydrogen) atoms. The minimum absolute atomic E-state index is 0.173. The fraction of sp³-hybridized carbons (Fsp3) is 0.282. The van der Waals surface area contributed by atoms with Gasteiger partial charge in [0.2, 0.25) is 0 Å². The summed E-state index contributed by atoms with van der Waals surface area (Å²) in [5, 5.41) is 14.6. The number of aliphatic hydroxyl groups is 1. The predicted octanol–water partition coefficient (Wildman–Crippen LogP) is 8.91. The van der Waals surface area contributed by atoms with E-state index in [0.29, 0.717) is 27.9 Å². The Morgan fingerprint density at radius 1 is 1.04 bits per heavy atom. The summed E-state index contributed by atoms with van der Waals surface area (Å²) in [5.41, 5.74) is 8.82. The molecule has 8 heteroatoms. The number of aliphatic hydroxyl groups excluding tert-OH is 1. The summed E-state index contributed by atoms with van der Waals surface area (Å²) >= 11 is 4.76. The fourth-order valence-electron chi connectivity index (χ4n) is 6.42. The third-order valence-electron chi connectivity index (χ3n) is 9.06. The van der Waals surface area contributed by atoms with Gasteiger partial charge >= 0.3 is 0 Å². The number of hydrogen-bond acceptors (Lipinski definition) is 7. The third kappa shape index (κ3) is 7.35. The van der Waals surface area contributed by atoms with E-state index < -0.39 is 0 Å². The molecule has 2 N–H and O–H groups in total. The summed E-state index contributed by atoms with van der Waals surface area (Å²) in [6.45, 7) is 6.89. The number of ether oxygens (including phenoxy) is 1. The summed E-state index contributed by atoms with van der Waals surface area (Å²) in [4.78, 5) is 12.0. The number of thiol groups is 1. The topological polar surface area (TPSA) is 70.5 Å². The Kier molecular flexibility index (Phi) is 10.2. The molecule has 3 heterocycles. The minimum atomic E-state index is -0.379. The molecule has 6 rings (SSSR count). The van der Waals surface area contributed by atoms with Gasteiger partial charge in [-0.25, -0.2) is 9.37 Å². The van der Waals surface area contributed by atoms with Crippen LogP contribution in [0.4, 0.5) is 15.9 Å². The molecule has 1 atom stereocenters. The van der Waals surface area contributed by atoms with Gasteiger partial charge in [-0.3, -0.25) is 9.88 Å². The van der Waals surface area contributed by atoms with Crippen LogP contribution in [0.2, 0.25) is 0 Å². The molecule has 3 aromatic carbocycles. The summed E-state index contributed by atoms with van der Waals surface area (Å²) in [5.74, 6) is 0.780. The van der Waals surface area contributed by atoms with Crippen LogP contribution in [0, 0.1) is 13.8 Å². The molecular formula is C39H41FN4O2S. The maximum Gasteiger partial charge on any atom is 0.156 e. The van der Waals surface area contributed by atoms with Crippen molar-refractivity contribution >= 4 is 46.9 Å². The number of hydrogen-bond donors (Lipinski definition) is 3. The van der Waals surface area contributed by atoms with Crippen molar-refractivity contribution in [3.05, 3.63) is 113 Å². The van der Waals surface area contributed by atoms with Gasteiger partial charge < -0.3 is 15.2 Å². The van der Waals surface area contributed by atoms with Crippen molar-refractivity contribution in [2.45, 2.75) is 51.5 Å². The molecule has 0 bridgehead atoms.